The maximum absolute atomic E-state index is 14.2. The van der Waals surface area contributed by atoms with Gasteiger partial charge in [-0.3, -0.25) is 24.5 Å². The average molecular weight is 829 g/mol. The number of hydroxylamine groups is 2. The Morgan fingerprint density at radius 1 is 0.814 bits per heavy atom. The third-order valence-electron chi connectivity index (χ3n) is 11.4. The lowest BCUT2D eigenvalue weighted by molar-refractivity contribution is -0.386. The first-order valence-electron chi connectivity index (χ1n) is 22.3. The maximum atomic E-state index is 14.2. The highest BCUT2D eigenvalue weighted by atomic mass is 16.6. The normalized spacial score (nSPS) is 20.6. The molecule has 0 saturated carbocycles. The summed E-state index contributed by atoms with van der Waals surface area (Å²) in [6, 6.07) is 6.35. The Kier molecular flexibility index (Phi) is 22.6. The van der Waals surface area contributed by atoms with Crippen molar-refractivity contribution in [3.05, 3.63) is 51.6 Å². The van der Waals surface area contributed by atoms with Gasteiger partial charge < -0.3 is 29.3 Å². The molecule has 0 aromatic heterocycles. The number of nitro benzene ring substituents is 1. The smallest absolute Gasteiger partial charge is 0.275 e. The molecule has 3 rings (SSSR count). The summed E-state index contributed by atoms with van der Waals surface area (Å²) in [5.74, 6) is -0.814. The van der Waals surface area contributed by atoms with E-state index in [2.05, 4.69) is 12.2 Å². The van der Waals surface area contributed by atoms with Crippen LogP contribution < -0.4 is 5.32 Å². The molecular weight excluding hydrogens is 755 g/mol. The van der Waals surface area contributed by atoms with Gasteiger partial charge in [0, 0.05) is 50.7 Å². The first-order valence-corrected chi connectivity index (χ1v) is 22.3. The number of para-hydroxylation sites is 1. The van der Waals surface area contributed by atoms with Crippen LogP contribution in [0.15, 0.2) is 35.9 Å². The molecule has 1 atom stereocenters. The van der Waals surface area contributed by atoms with E-state index in [0.717, 1.165) is 30.7 Å². The van der Waals surface area contributed by atoms with Crippen LogP contribution >= 0.6 is 0 Å². The van der Waals surface area contributed by atoms with E-state index in [1.54, 1.807) is 61.8 Å². The molecule has 2 aliphatic heterocycles. The summed E-state index contributed by atoms with van der Waals surface area (Å²) in [6.45, 7) is 11.3. The number of amides is 3. The van der Waals surface area contributed by atoms with E-state index in [1.165, 1.54) is 70.3 Å². The number of carbonyl (C=O) groups excluding carboxylic acids is 3. The molecule has 14 heteroatoms. The zero-order valence-electron chi connectivity index (χ0n) is 36.8. The van der Waals surface area contributed by atoms with Gasteiger partial charge in [0.15, 0.2) is 0 Å². The van der Waals surface area contributed by atoms with Crippen LogP contribution in [0.3, 0.4) is 0 Å². The third kappa shape index (κ3) is 17.2. The summed E-state index contributed by atoms with van der Waals surface area (Å²) in [6.07, 6.45) is 17.6. The van der Waals surface area contributed by atoms with Crippen LogP contribution in [0.4, 0.5) is 5.69 Å². The molecule has 59 heavy (non-hydrogen) atoms. The van der Waals surface area contributed by atoms with E-state index < -0.39 is 22.1 Å². The van der Waals surface area contributed by atoms with Gasteiger partial charge in [0.1, 0.15) is 6.10 Å². The zero-order chi connectivity index (χ0) is 43.1. The molecule has 0 spiro atoms. The van der Waals surface area contributed by atoms with Crippen LogP contribution in [0.2, 0.25) is 0 Å². The van der Waals surface area contributed by atoms with Crippen LogP contribution in [0.1, 0.15) is 149 Å². The van der Waals surface area contributed by atoms with E-state index >= 15 is 0 Å². The fourth-order valence-electron chi connectivity index (χ4n) is 7.94. The lowest BCUT2D eigenvalue weighted by Gasteiger charge is -2.35. The number of ether oxygens (including phenoxy) is 3. The van der Waals surface area contributed by atoms with Crippen LogP contribution in [0.5, 0.6) is 0 Å². The predicted molar refractivity (Wildman–Crippen MR) is 228 cm³/mol. The highest BCUT2D eigenvalue weighted by Crippen LogP contribution is 2.39. The van der Waals surface area contributed by atoms with E-state index in [9.17, 15) is 29.7 Å². The van der Waals surface area contributed by atoms with Gasteiger partial charge in [0.25, 0.3) is 11.6 Å². The number of nitrogens with zero attached hydrogens (tertiary/aromatic N) is 4. The van der Waals surface area contributed by atoms with Crippen molar-refractivity contribution in [2.45, 2.75) is 155 Å². The van der Waals surface area contributed by atoms with Crippen molar-refractivity contribution in [3.63, 3.8) is 0 Å². The molecule has 1 unspecified atom stereocenters. The number of nitro groups is 1. The summed E-state index contributed by atoms with van der Waals surface area (Å²) in [4.78, 5) is 55.7. The molecule has 3 amide bonds. The second-order valence-electron chi connectivity index (χ2n) is 17.0. The Morgan fingerprint density at radius 3 is 1.98 bits per heavy atom. The molecular formula is C45H74N5O9. The minimum atomic E-state index is -1.07. The Bertz CT molecular complexity index is 1470. The molecule has 0 aliphatic carbocycles. The first kappa shape index (κ1) is 49.9. The van der Waals surface area contributed by atoms with Crippen molar-refractivity contribution in [1.82, 2.24) is 20.2 Å². The quantitative estimate of drug-likeness (QED) is 0.0881. The summed E-state index contributed by atoms with van der Waals surface area (Å²) < 4.78 is 17.9. The predicted octanol–water partition coefficient (Wildman–Crippen LogP) is 7.88. The molecule has 1 radical (unpaired) electrons. The second kappa shape index (κ2) is 26.7. The van der Waals surface area contributed by atoms with E-state index in [-0.39, 0.29) is 95.5 Å². The number of benzene rings is 1. The van der Waals surface area contributed by atoms with Crippen molar-refractivity contribution in [2.75, 3.05) is 65.8 Å². The molecule has 1 aromatic carbocycles. The van der Waals surface area contributed by atoms with Crippen LogP contribution in [-0.4, -0.2) is 114 Å². The van der Waals surface area contributed by atoms with Gasteiger partial charge in [-0.1, -0.05) is 109 Å². The van der Waals surface area contributed by atoms with Crippen molar-refractivity contribution in [2.24, 2.45) is 0 Å². The van der Waals surface area contributed by atoms with Crippen LogP contribution in [0, 0.1) is 10.1 Å². The standard InChI is InChI=1S/C45H74N5O9/c1-6-7-8-9-10-11-12-13-14-15-16-17-18-21-27-48-36-40(37-22-19-20-23-39(37)49(54)55)59-32-29-47(43(53)38-35-44(2,3)50(56)45(38,4)5)28-31-58-34-33-57-30-26-46-41(51)24-25-42(48)52/h19-20,22-23,35,40H,6-18,21,24-34,36H2,1-5H3,(H,46,51). The minimum absolute atomic E-state index is 0.00490. The van der Waals surface area contributed by atoms with Crippen molar-refractivity contribution in [1.29, 1.82) is 0 Å². The van der Waals surface area contributed by atoms with Crippen LogP contribution in [-0.2, 0) is 33.8 Å². The molecule has 1 aromatic rings. The lowest BCUT2D eigenvalue weighted by atomic mass is 9.95. The highest BCUT2D eigenvalue weighted by molar-refractivity contribution is 5.96. The van der Waals surface area contributed by atoms with Gasteiger partial charge in [-0.15, -0.1) is 10.3 Å². The van der Waals surface area contributed by atoms with E-state index in [4.69, 9.17) is 14.2 Å². The Hall–Kier alpha value is -3.43. The molecule has 1 fully saturated rings. The number of carbonyl (C=O) groups is 3. The summed E-state index contributed by atoms with van der Waals surface area (Å²) in [7, 11) is 0. The zero-order valence-corrected chi connectivity index (χ0v) is 36.8. The van der Waals surface area contributed by atoms with Gasteiger partial charge in [-0.25, -0.2) is 0 Å². The van der Waals surface area contributed by atoms with Gasteiger partial charge in [-0.05, 0) is 40.2 Å². The van der Waals surface area contributed by atoms with Gasteiger partial charge >= 0.3 is 0 Å². The molecule has 0 bridgehead atoms. The molecule has 2 aliphatic rings. The van der Waals surface area contributed by atoms with Crippen molar-refractivity contribution in [3.8, 4) is 0 Å². The number of hydrogen-bond donors (Lipinski definition) is 1. The van der Waals surface area contributed by atoms with Gasteiger partial charge in [0.2, 0.25) is 11.8 Å². The fourth-order valence-corrected chi connectivity index (χ4v) is 7.94. The fraction of sp³-hybridized carbons (Fsp3) is 0.756. The largest absolute Gasteiger partial charge is 0.377 e. The molecule has 333 valence electrons. The summed E-state index contributed by atoms with van der Waals surface area (Å²) >= 11 is 0. The lowest BCUT2D eigenvalue weighted by Crippen LogP contribution is -2.49. The topological polar surface area (TPSA) is 164 Å². The third-order valence-corrected chi connectivity index (χ3v) is 11.4. The summed E-state index contributed by atoms with van der Waals surface area (Å²) in [5.41, 5.74) is -1.39. The Balaban J connectivity index is 1.75. The molecule has 1 N–H and O–H groups in total. The second-order valence-corrected chi connectivity index (χ2v) is 17.0. The van der Waals surface area contributed by atoms with Gasteiger partial charge in [-0.2, -0.15) is 0 Å². The van der Waals surface area contributed by atoms with Crippen LogP contribution in [0.25, 0.3) is 0 Å². The summed E-state index contributed by atoms with van der Waals surface area (Å²) in [5, 5.41) is 29.2. The minimum Gasteiger partial charge on any atom is -0.377 e. The van der Waals surface area contributed by atoms with E-state index in [1.807, 2.05) is 0 Å². The average Bonchev–Trinajstić information content (AvgIpc) is 3.38. The molecule has 2 heterocycles. The molecule has 1 saturated heterocycles. The Morgan fingerprint density at radius 2 is 1.39 bits per heavy atom. The van der Waals surface area contributed by atoms with Crippen molar-refractivity contribution < 1.29 is 38.7 Å². The number of rotatable bonds is 18. The number of nitrogens with one attached hydrogen (secondary N) is 1. The Labute approximate surface area is 353 Å². The first-order chi connectivity index (χ1) is 28.3. The monoisotopic (exact) mass is 829 g/mol. The highest BCUT2D eigenvalue weighted by Gasteiger charge is 2.49. The number of hydrogen-bond acceptors (Lipinski definition) is 9. The van der Waals surface area contributed by atoms with Gasteiger partial charge in [0.05, 0.1) is 61.1 Å². The SMILES string of the molecule is CCCCCCCCCCCCCCCCN1CC(c2ccccc2[N+](=O)[O-])OCCN(C(=O)C2=CC(C)(C)N([O])C2(C)C)CCOCCOCCNC(=O)CCC1=O. The van der Waals surface area contributed by atoms with E-state index in [0.29, 0.717) is 17.7 Å². The maximum Gasteiger partial charge on any atom is 0.275 e. The number of unbranched alkanes of at least 4 members (excludes halogenated alkanes) is 13. The molecule has 14 nitrogen and oxygen atoms in total. The van der Waals surface area contributed by atoms with Crippen molar-refractivity contribution >= 4 is 23.4 Å².